The van der Waals surface area contributed by atoms with Gasteiger partial charge >= 0.3 is 6.09 Å². The van der Waals surface area contributed by atoms with E-state index in [1.165, 1.54) is 13.5 Å². The molecule has 3 heterocycles. The zero-order chi connectivity index (χ0) is 25.4. The molecule has 8 nitrogen and oxygen atoms in total. The van der Waals surface area contributed by atoms with Crippen LogP contribution in [0.2, 0.25) is 0 Å². The number of halogens is 1. The molecular weight excluding hydrogens is 522 g/mol. The van der Waals surface area contributed by atoms with Crippen LogP contribution in [0.5, 0.6) is 0 Å². The van der Waals surface area contributed by atoms with Crippen LogP contribution in [0.1, 0.15) is 57.8 Å². The number of amides is 2. The predicted octanol–water partition coefficient (Wildman–Crippen LogP) is 5.60. The van der Waals surface area contributed by atoms with E-state index in [9.17, 15) is 9.59 Å². The summed E-state index contributed by atoms with van der Waals surface area (Å²) in [5, 5.41) is 3.82. The number of fused-ring (bicyclic) bond motifs is 2. The van der Waals surface area contributed by atoms with E-state index in [4.69, 9.17) is 14.7 Å². The molecule has 5 rings (SSSR count). The van der Waals surface area contributed by atoms with Gasteiger partial charge in [0.25, 0.3) is 0 Å². The summed E-state index contributed by atoms with van der Waals surface area (Å²) in [5.74, 6) is 1.06. The Morgan fingerprint density at radius 3 is 2.78 bits per heavy atom. The number of pyridine rings is 1. The number of nitrogens with one attached hydrogen (secondary N) is 2. The highest BCUT2D eigenvalue weighted by molar-refractivity contribution is 9.10. The summed E-state index contributed by atoms with van der Waals surface area (Å²) in [6, 6.07) is 9.38. The molecule has 0 spiro atoms. The minimum atomic E-state index is -0.656. The maximum Gasteiger partial charge on any atom is 0.407 e. The van der Waals surface area contributed by atoms with E-state index in [0.29, 0.717) is 5.92 Å². The number of alkyl carbamates (subject to hydrolysis) is 1. The van der Waals surface area contributed by atoms with E-state index < -0.39 is 12.1 Å². The lowest BCUT2D eigenvalue weighted by Gasteiger charge is -2.36. The van der Waals surface area contributed by atoms with Crippen molar-refractivity contribution >= 4 is 38.8 Å². The number of carbonyl (C=O) groups is 2. The minimum Gasteiger partial charge on any atom is -0.453 e. The Morgan fingerprint density at radius 1 is 1.19 bits per heavy atom. The molecule has 1 saturated heterocycles. The van der Waals surface area contributed by atoms with E-state index >= 15 is 0 Å². The second kappa shape index (κ2) is 10.2. The van der Waals surface area contributed by atoms with Gasteiger partial charge < -0.3 is 19.9 Å². The Bertz CT molecular complexity index is 1280. The van der Waals surface area contributed by atoms with Gasteiger partial charge in [0.15, 0.2) is 0 Å². The highest BCUT2D eigenvalue weighted by Crippen LogP contribution is 2.46. The molecule has 2 N–H and O–H groups in total. The average Bonchev–Trinajstić information content (AvgIpc) is 3.51. The quantitative estimate of drug-likeness (QED) is 0.428. The van der Waals surface area contributed by atoms with E-state index in [1.807, 2.05) is 43.0 Å². The number of carbonyl (C=O) groups excluding carboxylic acids is 2. The third-order valence-corrected chi connectivity index (χ3v) is 8.07. The van der Waals surface area contributed by atoms with Crippen molar-refractivity contribution in [2.45, 2.75) is 64.1 Å². The van der Waals surface area contributed by atoms with Gasteiger partial charge in [-0.15, -0.1) is 0 Å². The normalized spacial score (nSPS) is 22.5. The van der Waals surface area contributed by atoms with Crippen LogP contribution in [-0.4, -0.2) is 51.0 Å². The molecule has 0 radical (unpaired) electrons. The maximum absolute atomic E-state index is 13.9. The van der Waals surface area contributed by atoms with Gasteiger partial charge in [0.05, 0.1) is 36.3 Å². The Hall–Kier alpha value is -2.94. The second-order valence-corrected chi connectivity index (χ2v) is 11.1. The maximum atomic E-state index is 13.9. The van der Waals surface area contributed by atoms with Crippen molar-refractivity contribution in [2.24, 2.45) is 11.8 Å². The van der Waals surface area contributed by atoms with Crippen LogP contribution in [-0.2, 0) is 9.53 Å². The summed E-state index contributed by atoms with van der Waals surface area (Å²) in [7, 11) is 1.32. The fraction of sp³-hybridized carbons (Fsp3) is 0.481. The Morgan fingerprint density at radius 2 is 2.00 bits per heavy atom. The molecule has 1 aliphatic heterocycles. The number of hydrogen-bond donors (Lipinski definition) is 2. The summed E-state index contributed by atoms with van der Waals surface area (Å²) in [6.45, 7) is 3.88. The van der Waals surface area contributed by atoms with Gasteiger partial charge in [0, 0.05) is 15.9 Å². The number of hydrogen-bond acceptors (Lipinski definition) is 5. The number of H-pyrrole nitrogens is 1. The van der Waals surface area contributed by atoms with Gasteiger partial charge in [0.1, 0.15) is 11.9 Å². The Labute approximate surface area is 219 Å². The number of imidazole rings is 1. The zero-order valence-electron chi connectivity index (χ0n) is 20.8. The number of aromatic nitrogens is 3. The predicted molar refractivity (Wildman–Crippen MR) is 141 cm³/mol. The van der Waals surface area contributed by atoms with Gasteiger partial charge in [-0.05, 0) is 55.4 Å². The smallest absolute Gasteiger partial charge is 0.407 e. The fourth-order valence-electron chi connectivity index (χ4n) is 5.76. The van der Waals surface area contributed by atoms with Crippen molar-refractivity contribution in [2.75, 3.05) is 7.11 Å². The lowest BCUT2D eigenvalue weighted by Crippen LogP contribution is -2.53. The summed E-state index contributed by atoms with van der Waals surface area (Å²) in [5.41, 5.74) is 2.54. The van der Waals surface area contributed by atoms with Crippen molar-refractivity contribution < 1.29 is 14.3 Å². The average molecular weight is 554 g/mol. The molecule has 2 fully saturated rings. The molecule has 36 heavy (non-hydrogen) atoms. The first kappa shape index (κ1) is 24.7. The van der Waals surface area contributed by atoms with Crippen LogP contribution in [0.15, 0.2) is 41.0 Å². The van der Waals surface area contributed by atoms with Crippen LogP contribution in [0.3, 0.4) is 0 Å². The van der Waals surface area contributed by atoms with Crippen LogP contribution < -0.4 is 5.32 Å². The lowest BCUT2D eigenvalue weighted by atomic mass is 9.84. The van der Waals surface area contributed by atoms with Gasteiger partial charge in [-0.1, -0.05) is 48.7 Å². The molecule has 1 saturated carbocycles. The zero-order valence-corrected chi connectivity index (χ0v) is 22.4. The molecule has 4 atom stereocenters. The van der Waals surface area contributed by atoms with E-state index in [0.717, 1.165) is 58.3 Å². The molecule has 0 unspecified atom stereocenters. The molecule has 1 aliphatic carbocycles. The molecular formula is C27H32BrN5O3. The van der Waals surface area contributed by atoms with E-state index in [2.05, 4.69) is 32.3 Å². The number of methoxy groups -OCH3 is 1. The van der Waals surface area contributed by atoms with Gasteiger partial charge in [-0.3, -0.25) is 4.79 Å². The molecule has 1 aromatic carbocycles. The number of likely N-dealkylation sites (tertiary alicyclic amines) is 1. The van der Waals surface area contributed by atoms with Crippen LogP contribution >= 0.6 is 15.9 Å². The van der Waals surface area contributed by atoms with Crippen molar-refractivity contribution in [1.82, 2.24) is 25.2 Å². The van der Waals surface area contributed by atoms with Crippen molar-refractivity contribution in [3.63, 3.8) is 0 Å². The third kappa shape index (κ3) is 4.73. The molecule has 190 valence electrons. The first-order valence-electron chi connectivity index (χ1n) is 12.6. The summed E-state index contributed by atoms with van der Waals surface area (Å²) in [6.07, 6.45) is 6.46. The van der Waals surface area contributed by atoms with E-state index in [-0.39, 0.29) is 23.9 Å². The standard InChI is InChI=1S/C27H32BrN5O3/c1-15(2)24(32-27(35)36-3)26(34)33-22-7-5-4-6-17(22)13-23(33)25-29-14-21(31-25)20-10-8-16-12-18(28)9-11-19(16)30-20/h8-12,14-15,17,22-24H,4-7,13H2,1-3H3,(H,29,31)(H,32,35)/t17-,22-,23-,24-/m0/s1. The van der Waals surface area contributed by atoms with Gasteiger partial charge in [0.2, 0.25) is 5.91 Å². The van der Waals surface area contributed by atoms with Crippen LogP contribution in [0.25, 0.3) is 22.3 Å². The van der Waals surface area contributed by atoms with Crippen LogP contribution in [0.4, 0.5) is 4.79 Å². The molecule has 2 aromatic heterocycles. The summed E-state index contributed by atoms with van der Waals surface area (Å²) >= 11 is 3.51. The first-order valence-corrected chi connectivity index (χ1v) is 13.4. The van der Waals surface area contributed by atoms with Crippen LogP contribution in [0, 0.1) is 11.8 Å². The van der Waals surface area contributed by atoms with Crippen molar-refractivity contribution in [3.8, 4) is 11.4 Å². The topological polar surface area (TPSA) is 100 Å². The third-order valence-electron chi connectivity index (χ3n) is 7.57. The Balaban J connectivity index is 1.46. The summed E-state index contributed by atoms with van der Waals surface area (Å²) < 4.78 is 5.82. The molecule has 2 amide bonds. The van der Waals surface area contributed by atoms with Crippen molar-refractivity contribution in [1.29, 1.82) is 0 Å². The fourth-order valence-corrected chi connectivity index (χ4v) is 6.14. The highest BCUT2D eigenvalue weighted by atomic mass is 79.9. The second-order valence-electron chi connectivity index (χ2n) is 10.2. The minimum absolute atomic E-state index is 0.0674. The van der Waals surface area contributed by atoms with Gasteiger partial charge in [-0.2, -0.15) is 0 Å². The molecule has 2 aliphatic rings. The molecule has 9 heteroatoms. The molecule has 3 aromatic rings. The monoisotopic (exact) mass is 553 g/mol. The highest BCUT2D eigenvalue weighted by Gasteiger charge is 2.48. The molecule has 0 bridgehead atoms. The van der Waals surface area contributed by atoms with Gasteiger partial charge in [-0.25, -0.2) is 14.8 Å². The summed E-state index contributed by atoms with van der Waals surface area (Å²) in [4.78, 5) is 41.0. The van der Waals surface area contributed by atoms with E-state index in [1.54, 1.807) is 6.20 Å². The largest absolute Gasteiger partial charge is 0.453 e. The number of nitrogens with zero attached hydrogens (tertiary/aromatic N) is 3. The number of aromatic amines is 1. The number of benzene rings is 1. The van der Waals surface area contributed by atoms with Crippen molar-refractivity contribution in [3.05, 3.63) is 46.8 Å². The number of rotatable bonds is 5. The number of ether oxygens (including phenoxy) is 1. The first-order chi connectivity index (χ1) is 17.4. The lowest BCUT2D eigenvalue weighted by molar-refractivity contribution is -0.138. The SMILES string of the molecule is COC(=O)N[C@H](C(=O)N1[C@H](c2ncc(-c3ccc4cc(Br)ccc4n3)[nH]2)C[C@@H]2CCCC[C@@H]21)C(C)C. The Kier molecular flexibility index (Phi) is 7.01.